The van der Waals surface area contributed by atoms with Gasteiger partial charge in [-0.15, -0.1) is 0 Å². The number of nitrogens with one attached hydrogen (secondary N) is 3. The number of carboxylic acid groups (broad SMARTS) is 1. The Balaban J connectivity index is 1.24. The molecule has 2 aromatic carbocycles. The minimum atomic E-state index is -1.48. The molecule has 2 atom stereocenters. The number of nitrogen functional groups attached to an aromatic ring is 1. The Hall–Kier alpha value is -4.01. The number of carboxylic acids is 1. The fourth-order valence-corrected chi connectivity index (χ4v) is 7.84. The number of ether oxygens (including phenoxy) is 1. The number of H-pyrrole nitrogens is 1. The zero-order valence-electron chi connectivity index (χ0n) is 25.8. The summed E-state index contributed by atoms with van der Waals surface area (Å²) in [5.74, 6) is 0.494. The Morgan fingerprint density at radius 2 is 1.76 bits per heavy atom. The number of hydrogen-bond acceptors (Lipinski definition) is 5. The molecule has 0 radical (unpaired) electrons. The second-order valence-corrected chi connectivity index (χ2v) is 12.8. The fraction of sp³-hybridized carbons (Fsp3) is 0.485. The highest BCUT2D eigenvalue weighted by Crippen LogP contribution is 2.54. The third kappa shape index (κ3) is 5.96. The highest BCUT2D eigenvalue weighted by molar-refractivity contribution is 5.92. The molecule has 0 saturated heterocycles. The van der Waals surface area contributed by atoms with Crippen molar-refractivity contribution in [2.45, 2.75) is 76.0 Å². The summed E-state index contributed by atoms with van der Waals surface area (Å²) in [4.78, 5) is 42.7. The van der Waals surface area contributed by atoms with E-state index in [1.807, 2.05) is 30.5 Å². The monoisotopic (exact) mass is 576 g/mol. The van der Waals surface area contributed by atoms with E-state index in [9.17, 15) is 19.5 Å². The third-order valence-electron chi connectivity index (χ3n) is 9.55. The molecule has 9 heteroatoms. The normalized spacial score (nSPS) is 27.0. The molecule has 222 valence electrons. The summed E-state index contributed by atoms with van der Waals surface area (Å²) in [6.45, 7) is 1.63. The number of nitrogens with two attached hydrogens (primary N) is 1. The van der Waals surface area contributed by atoms with E-state index in [1.165, 1.54) is 18.6 Å². The van der Waals surface area contributed by atoms with Gasteiger partial charge in [-0.2, -0.15) is 0 Å². The fourth-order valence-electron chi connectivity index (χ4n) is 7.84. The van der Waals surface area contributed by atoms with E-state index in [1.54, 1.807) is 6.92 Å². The van der Waals surface area contributed by atoms with Crippen molar-refractivity contribution in [2.24, 2.45) is 23.7 Å². The molecule has 42 heavy (non-hydrogen) atoms. The average molecular weight is 577 g/mol. The van der Waals surface area contributed by atoms with Gasteiger partial charge in [-0.3, -0.25) is 9.59 Å². The molecule has 4 fully saturated rings. The second-order valence-electron chi connectivity index (χ2n) is 12.8. The minimum absolute atomic E-state index is 0.0284. The van der Waals surface area contributed by atoms with Crippen molar-refractivity contribution < 1.29 is 27.0 Å². The topological polar surface area (TPSA) is 147 Å². The number of benzene rings is 2. The van der Waals surface area contributed by atoms with Crippen LogP contribution >= 0.6 is 0 Å². The number of aromatic nitrogens is 1. The Bertz CT molecular complexity index is 1540. The number of carbonyl (C=O) groups is 3. The minimum Gasteiger partial charge on any atom is -0.481 e. The number of hydrogen-bond donors (Lipinski definition) is 5. The molecular formula is C33H40N4O5. The number of amides is 2. The molecule has 9 nitrogen and oxygen atoms in total. The zero-order chi connectivity index (χ0) is 31.2. The lowest BCUT2D eigenvalue weighted by atomic mass is 9.55. The van der Waals surface area contributed by atoms with E-state index in [0.29, 0.717) is 17.4 Å². The predicted octanol–water partition coefficient (Wildman–Crippen LogP) is 4.80. The maximum atomic E-state index is 14.1. The average Bonchev–Trinajstić information content (AvgIpc) is 3.35. The maximum absolute atomic E-state index is 14.1. The summed E-state index contributed by atoms with van der Waals surface area (Å²) in [5, 5.41) is 16.3. The maximum Gasteiger partial charge on any atom is 0.408 e. The lowest BCUT2D eigenvalue weighted by molar-refractivity contribution is -0.138. The van der Waals surface area contributed by atoms with Crippen LogP contribution in [0.5, 0.6) is 0 Å². The first kappa shape index (κ1) is 25.7. The number of carbonyl (C=O) groups excluding carboxylic acids is 2. The van der Waals surface area contributed by atoms with Gasteiger partial charge in [0.25, 0.3) is 0 Å². The Kier molecular flexibility index (Phi) is 6.94. The van der Waals surface area contributed by atoms with Crippen LogP contribution < -0.4 is 16.4 Å². The van der Waals surface area contributed by atoms with Gasteiger partial charge >= 0.3 is 12.1 Å². The lowest BCUT2D eigenvalue weighted by Crippen LogP contribution is -2.61. The number of aliphatic carboxylic acids is 1. The highest BCUT2D eigenvalue weighted by Gasteiger charge is 2.50. The van der Waals surface area contributed by atoms with Crippen molar-refractivity contribution >= 4 is 34.6 Å². The van der Waals surface area contributed by atoms with E-state index in [2.05, 4.69) is 15.6 Å². The Morgan fingerprint density at radius 1 is 1.10 bits per heavy atom. The summed E-state index contributed by atoms with van der Waals surface area (Å²) in [5.41, 5.74) is 6.53. The van der Waals surface area contributed by atoms with Gasteiger partial charge in [0.2, 0.25) is 5.91 Å². The largest absolute Gasteiger partial charge is 0.481 e. The van der Waals surface area contributed by atoms with Crippen LogP contribution in [0, 0.1) is 23.7 Å². The van der Waals surface area contributed by atoms with Crippen LogP contribution in [0.1, 0.15) is 59.3 Å². The molecule has 4 aliphatic carbocycles. The predicted molar refractivity (Wildman–Crippen MR) is 160 cm³/mol. The van der Waals surface area contributed by atoms with Crippen LogP contribution in [0.25, 0.3) is 10.9 Å². The summed E-state index contributed by atoms with van der Waals surface area (Å²) in [6.07, 6.45) is 6.44. The van der Waals surface area contributed by atoms with Gasteiger partial charge in [0.05, 0.1) is 9.16 Å². The molecule has 7 rings (SSSR count). The van der Waals surface area contributed by atoms with Crippen molar-refractivity contribution in [2.75, 3.05) is 5.73 Å². The number of aromatic amines is 1. The summed E-state index contributed by atoms with van der Waals surface area (Å²) in [6, 6.07) is 9.69. The van der Waals surface area contributed by atoms with E-state index in [4.69, 9.17) is 13.2 Å². The number of alkyl carbamates (subject to hydrolysis) is 1. The van der Waals surface area contributed by atoms with Gasteiger partial charge in [0.1, 0.15) is 11.6 Å². The van der Waals surface area contributed by atoms with Gasteiger partial charge in [0.15, 0.2) is 0 Å². The van der Waals surface area contributed by atoms with Crippen LogP contribution in [-0.2, 0) is 27.2 Å². The quantitative estimate of drug-likeness (QED) is 0.219. The molecule has 3 aromatic rings. The van der Waals surface area contributed by atoms with Gasteiger partial charge in [-0.25, -0.2) is 4.79 Å². The first-order chi connectivity index (χ1) is 21.0. The molecule has 4 saturated carbocycles. The summed E-state index contributed by atoms with van der Waals surface area (Å²) in [7, 11) is 0. The van der Waals surface area contributed by atoms with Crippen LogP contribution in [0.2, 0.25) is 0 Å². The second kappa shape index (κ2) is 11.3. The van der Waals surface area contributed by atoms with E-state index in [-0.39, 0.29) is 36.7 Å². The number of para-hydroxylation sites is 1. The molecular weight excluding hydrogens is 532 g/mol. The van der Waals surface area contributed by atoms with E-state index >= 15 is 0 Å². The van der Waals surface area contributed by atoms with Crippen molar-refractivity contribution in [3.8, 4) is 0 Å². The first-order valence-electron chi connectivity index (χ1n) is 15.9. The highest BCUT2D eigenvalue weighted by atomic mass is 16.6. The molecule has 4 bridgehead atoms. The molecule has 4 aliphatic rings. The van der Waals surface area contributed by atoms with Crippen molar-refractivity contribution in [1.29, 1.82) is 0 Å². The number of rotatable bonds is 10. The first-order valence-corrected chi connectivity index (χ1v) is 14.9. The van der Waals surface area contributed by atoms with Crippen molar-refractivity contribution in [1.82, 2.24) is 15.6 Å². The molecule has 6 N–H and O–H groups in total. The van der Waals surface area contributed by atoms with E-state index in [0.717, 1.165) is 54.0 Å². The summed E-state index contributed by atoms with van der Waals surface area (Å²) < 4.78 is 22.2. The van der Waals surface area contributed by atoms with Gasteiger partial charge in [-0.1, -0.05) is 30.3 Å². The van der Waals surface area contributed by atoms with E-state index < -0.39 is 36.0 Å². The lowest BCUT2D eigenvalue weighted by Gasteiger charge is -2.53. The molecule has 2 amide bonds. The SMILES string of the molecule is [3H]c1cc(C[C@H](CC(=O)O)NC(=O)[C@@](C)(Cc2c[nH]c3ccccc23)NC(=O)OC2C3CC4CC(C3)CC2C4)cc([3H])c1N. The van der Waals surface area contributed by atoms with Crippen LogP contribution in [0.15, 0.2) is 54.7 Å². The van der Waals surface area contributed by atoms with Gasteiger partial charge < -0.3 is 31.2 Å². The molecule has 0 aliphatic heterocycles. The third-order valence-corrected chi connectivity index (χ3v) is 9.55. The Labute approximate surface area is 248 Å². The zero-order valence-corrected chi connectivity index (χ0v) is 23.8. The van der Waals surface area contributed by atoms with Crippen LogP contribution in [0.4, 0.5) is 10.5 Å². The molecule has 0 spiro atoms. The number of fused-ring (bicyclic) bond motifs is 1. The van der Waals surface area contributed by atoms with Crippen LogP contribution in [-0.4, -0.2) is 45.7 Å². The standard InChI is InChI=1S/C33H40N4O5/c1-33(17-24-18-35-28-5-3-2-4-27(24)28,31(40)36-26(16-29(38)39)15-19-6-8-25(34)9-7-19)37-32(41)42-30-22-11-20-10-21(13-22)14-23(30)12-20/h2-9,18,20-23,26,30,35H,10-17,34H2,1H3,(H,36,40)(H,37,41)(H,38,39)/t20?,21?,22?,23?,26-,30?,33-/m1/s1/i8T,9T. The molecule has 1 aromatic heterocycles. The van der Waals surface area contributed by atoms with Gasteiger partial charge in [-0.05, 0) is 98.4 Å². The van der Waals surface area contributed by atoms with Crippen molar-refractivity contribution in [3.05, 3.63) is 65.8 Å². The summed E-state index contributed by atoms with van der Waals surface area (Å²) >= 11 is 0. The number of anilines is 1. The smallest absolute Gasteiger partial charge is 0.408 e. The molecule has 0 unspecified atom stereocenters. The van der Waals surface area contributed by atoms with Crippen LogP contribution in [0.3, 0.4) is 0 Å². The molecule has 1 heterocycles. The Morgan fingerprint density at radius 3 is 2.43 bits per heavy atom. The van der Waals surface area contributed by atoms with Gasteiger partial charge in [0, 0.05) is 35.2 Å². The van der Waals surface area contributed by atoms with Crippen molar-refractivity contribution in [3.63, 3.8) is 0 Å².